The molecule has 1 amide bonds. The van der Waals surface area contributed by atoms with Crippen molar-refractivity contribution >= 4 is 15.9 Å². The Morgan fingerprint density at radius 2 is 2.06 bits per heavy atom. The van der Waals surface area contributed by atoms with Crippen molar-refractivity contribution in [3.63, 3.8) is 0 Å². The number of amides is 1. The minimum absolute atomic E-state index is 0.0349. The second kappa shape index (κ2) is 11.7. The number of likely N-dealkylation sites (N-methyl/N-ethyl adjacent to an activating group) is 1. The number of nitriles is 1. The number of sulfonamides is 1. The number of aliphatic hydroxyl groups excluding tert-OH is 1. The summed E-state index contributed by atoms with van der Waals surface area (Å²) in [6.45, 7) is 4.52. The maximum absolute atomic E-state index is 13.2. The van der Waals surface area contributed by atoms with Crippen LogP contribution in [0.3, 0.4) is 0 Å². The van der Waals surface area contributed by atoms with E-state index >= 15 is 0 Å². The molecule has 2 aromatic rings. The van der Waals surface area contributed by atoms with Crippen molar-refractivity contribution in [1.82, 2.24) is 24.2 Å². The first-order valence-electron chi connectivity index (χ1n) is 11.5. The molecule has 1 N–H and O–H groups in total. The summed E-state index contributed by atoms with van der Waals surface area (Å²) in [5, 5.41) is 26.9. The fraction of sp³-hybridized carbons (Fsp3) is 0.565. The molecule has 0 saturated carbocycles. The first-order valence-corrected chi connectivity index (χ1v) is 13.0. The summed E-state index contributed by atoms with van der Waals surface area (Å²) in [7, 11) is -2.37. The smallest absolute Gasteiger partial charge is 0.242 e. The minimum atomic E-state index is -3.84. The highest BCUT2D eigenvalue weighted by molar-refractivity contribution is 7.89. The molecule has 0 saturated heterocycles. The number of rotatable bonds is 6. The van der Waals surface area contributed by atoms with E-state index in [4.69, 9.17) is 10.00 Å². The van der Waals surface area contributed by atoms with Crippen LogP contribution < -0.4 is 0 Å². The molecule has 0 radical (unpaired) electrons. The van der Waals surface area contributed by atoms with Crippen molar-refractivity contribution in [2.45, 2.75) is 56.9 Å². The Morgan fingerprint density at radius 1 is 1.34 bits per heavy atom. The molecule has 0 spiro atoms. The second-order valence-corrected chi connectivity index (χ2v) is 10.9. The summed E-state index contributed by atoms with van der Waals surface area (Å²) in [4.78, 5) is 14.7. The normalized spacial score (nSPS) is 21.0. The highest BCUT2D eigenvalue weighted by atomic mass is 32.2. The van der Waals surface area contributed by atoms with Crippen LogP contribution in [0.1, 0.15) is 37.9 Å². The summed E-state index contributed by atoms with van der Waals surface area (Å²) in [6, 6.07) is 7.32. The van der Waals surface area contributed by atoms with Crippen LogP contribution in [0.2, 0.25) is 0 Å². The van der Waals surface area contributed by atoms with Crippen molar-refractivity contribution in [2.75, 3.05) is 26.7 Å². The van der Waals surface area contributed by atoms with Crippen molar-refractivity contribution in [3.8, 4) is 6.07 Å². The van der Waals surface area contributed by atoms with Crippen LogP contribution in [0.25, 0.3) is 0 Å². The molecule has 0 fully saturated rings. The van der Waals surface area contributed by atoms with E-state index in [-0.39, 0.29) is 42.5 Å². The van der Waals surface area contributed by atoms with Gasteiger partial charge in [-0.25, -0.2) is 8.42 Å². The van der Waals surface area contributed by atoms with Crippen LogP contribution in [-0.2, 0) is 32.7 Å². The van der Waals surface area contributed by atoms with Gasteiger partial charge in [0.05, 0.1) is 48.1 Å². The lowest BCUT2D eigenvalue weighted by atomic mass is 10.0. The molecule has 0 unspecified atom stereocenters. The summed E-state index contributed by atoms with van der Waals surface area (Å²) in [5.74, 6) is -0.336. The van der Waals surface area contributed by atoms with E-state index in [2.05, 4.69) is 10.3 Å². The zero-order valence-corrected chi connectivity index (χ0v) is 21.1. The highest BCUT2D eigenvalue weighted by Crippen LogP contribution is 2.21. The number of benzene rings is 1. The summed E-state index contributed by atoms with van der Waals surface area (Å²) >= 11 is 0. The molecular weight excluding hydrogens is 472 g/mol. The largest absolute Gasteiger partial charge is 0.394 e. The van der Waals surface area contributed by atoms with Crippen LogP contribution in [0, 0.1) is 17.2 Å². The lowest BCUT2D eigenvalue weighted by molar-refractivity contribution is -0.136. The van der Waals surface area contributed by atoms with Gasteiger partial charge in [-0.15, -0.1) is 5.10 Å². The number of hydrogen-bond acceptors (Lipinski definition) is 8. The van der Waals surface area contributed by atoms with Gasteiger partial charge in [0.1, 0.15) is 5.69 Å². The molecule has 35 heavy (non-hydrogen) atoms. The summed E-state index contributed by atoms with van der Waals surface area (Å²) < 4.78 is 35.3. The number of carbonyl (C=O) groups excluding carboxylic acids is 1. The molecule has 190 valence electrons. The third-order valence-corrected chi connectivity index (χ3v) is 8.01. The molecule has 1 aromatic heterocycles. The van der Waals surface area contributed by atoms with E-state index < -0.39 is 16.1 Å². The van der Waals surface area contributed by atoms with E-state index in [0.717, 1.165) is 0 Å². The van der Waals surface area contributed by atoms with E-state index in [1.54, 1.807) is 22.7 Å². The van der Waals surface area contributed by atoms with Gasteiger partial charge in [-0.1, -0.05) is 12.1 Å². The van der Waals surface area contributed by atoms with E-state index in [1.165, 1.54) is 35.6 Å². The summed E-state index contributed by atoms with van der Waals surface area (Å²) in [6.07, 6.45) is 2.07. The molecule has 3 atom stereocenters. The van der Waals surface area contributed by atoms with E-state index in [9.17, 15) is 18.3 Å². The lowest BCUT2D eigenvalue weighted by Gasteiger charge is -2.35. The molecule has 3 rings (SSSR count). The Labute approximate surface area is 205 Å². The maximum Gasteiger partial charge on any atom is 0.242 e. The van der Waals surface area contributed by atoms with Crippen LogP contribution >= 0.6 is 0 Å². The standard InChI is InChI=1S/C23H32N6O5S/c1-17-12-29(18(2)15-30)23(31)5-4-10-28-13-20(25-26-28)16-34-22(17)14-27(3)35(32,33)21-8-6-19(11-24)7-9-21/h6-9,13,17-18,22,30H,4-5,10,12,14-16H2,1-3H3/t17-,18-,22-/m1/s1. The monoisotopic (exact) mass is 504 g/mol. The topological polar surface area (TPSA) is 142 Å². The molecule has 1 aliphatic heterocycles. The minimum Gasteiger partial charge on any atom is -0.394 e. The van der Waals surface area contributed by atoms with Gasteiger partial charge in [-0.3, -0.25) is 9.48 Å². The van der Waals surface area contributed by atoms with Crippen LogP contribution in [-0.4, -0.2) is 82.5 Å². The van der Waals surface area contributed by atoms with E-state index in [0.29, 0.717) is 37.2 Å². The van der Waals surface area contributed by atoms with Crippen LogP contribution in [0.5, 0.6) is 0 Å². The van der Waals surface area contributed by atoms with Crippen LogP contribution in [0.15, 0.2) is 35.4 Å². The van der Waals surface area contributed by atoms with Gasteiger partial charge in [0, 0.05) is 39.0 Å². The van der Waals surface area contributed by atoms with Gasteiger partial charge < -0.3 is 14.7 Å². The fourth-order valence-electron chi connectivity index (χ4n) is 3.93. The highest BCUT2D eigenvalue weighted by Gasteiger charge is 2.31. The number of nitrogens with zero attached hydrogens (tertiary/aromatic N) is 6. The molecule has 0 aliphatic carbocycles. The predicted molar refractivity (Wildman–Crippen MR) is 126 cm³/mol. The van der Waals surface area contributed by atoms with Gasteiger partial charge >= 0.3 is 0 Å². The number of hydrogen-bond donors (Lipinski definition) is 1. The Hall–Kier alpha value is -2.85. The van der Waals surface area contributed by atoms with E-state index in [1.807, 2.05) is 13.0 Å². The third-order valence-electron chi connectivity index (χ3n) is 6.17. The van der Waals surface area contributed by atoms with Gasteiger partial charge in [-0.2, -0.15) is 9.57 Å². The number of aryl methyl sites for hydroxylation is 1. The van der Waals surface area contributed by atoms with Crippen molar-refractivity contribution < 1.29 is 23.1 Å². The second-order valence-electron chi connectivity index (χ2n) is 8.90. The zero-order chi connectivity index (χ0) is 25.6. The first-order chi connectivity index (χ1) is 16.6. The van der Waals surface area contributed by atoms with Gasteiger partial charge in [0.2, 0.25) is 15.9 Å². The molecular formula is C23H32N6O5S. The number of aromatic nitrogens is 3. The molecule has 2 bridgehead atoms. The molecule has 12 heteroatoms. The number of fused-ring (bicyclic) bond motifs is 2. The Bertz CT molecular complexity index is 1140. The van der Waals surface area contributed by atoms with Crippen molar-refractivity contribution in [2.24, 2.45) is 5.92 Å². The average Bonchev–Trinajstić information content (AvgIpc) is 3.31. The van der Waals surface area contributed by atoms with Crippen molar-refractivity contribution in [3.05, 3.63) is 41.7 Å². The fourth-order valence-corrected chi connectivity index (χ4v) is 5.11. The number of ether oxygens (including phenoxy) is 1. The first kappa shape index (κ1) is 26.7. The quantitative estimate of drug-likeness (QED) is 0.614. The molecule has 1 aliphatic rings. The zero-order valence-electron chi connectivity index (χ0n) is 20.2. The molecule has 1 aromatic carbocycles. The molecule has 11 nitrogen and oxygen atoms in total. The molecule has 2 heterocycles. The Balaban J connectivity index is 1.85. The van der Waals surface area contributed by atoms with Gasteiger partial charge in [0.15, 0.2) is 0 Å². The van der Waals surface area contributed by atoms with Gasteiger partial charge in [0.25, 0.3) is 0 Å². The number of carbonyl (C=O) groups is 1. The van der Waals surface area contributed by atoms with Gasteiger partial charge in [-0.05, 0) is 37.6 Å². The summed E-state index contributed by atoms with van der Waals surface area (Å²) in [5.41, 5.74) is 0.987. The van der Waals surface area contributed by atoms with Crippen molar-refractivity contribution in [1.29, 1.82) is 5.26 Å². The third kappa shape index (κ3) is 6.64. The predicted octanol–water partition coefficient (Wildman–Crippen LogP) is 0.995. The average molecular weight is 505 g/mol. The maximum atomic E-state index is 13.2. The van der Waals surface area contributed by atoms with Crippen LogP contribution in [0.4, 0.5) is 0 Å². The Morgan fingerprint density at radius 3 is 2.71 bits per heavy atom. The SMILES string of the molecule is C[C@@H]1CN([C@H](C)CO)C(=O)CCCn2cc(nn2)CO[C@@H]1CN(C)S(=O)(=O)c1ccc(C#N)cc1. The lowest BCUT2D eigenvalue weighted by Crippen LogP contribution is -2.47. The Kier molecular flexibility index (Phi) is 8.96. The number of aliphatic hydroxyl groups is 1.